The number of aryl methyl sites for hydroxylation is 2. The van der Waals surface area contributed by atoms with Crippen LogP contribution in [-0.2, 0) is 13.5 Å². The van der Waals surface area contributed by atoms with Crippen LogP contribution in [0.5, 0.6) is 0 Å². The summed E-state index contributed by atoms with van der Waals surface area (Å²) in [5.41, 5.74) is 2.94. The molecular weight excluding hydrogens is 331 g/mol. The van der Waals surface area contributed by atoms with Crippen LogP contribution < -0.4 is 0 Å². The van der Waals surface area contributed by atoms with Gasteiger partial charge in [-0.15, -0.1) is 11.6 Å². The van der Waals surface area contributed by atoms with Gasteiger partial charge in [0.1, 0.15) is 5.82 Å². The lowest BCUT2D eigenvalue weighted by atomic mass is 9.96. The summed E-state index contributed by atoms with van der Waals surface area (Å²) < 4.78 is 16.1. The second kappa shape index (κ2) is 6.06. The Morgan fingerprint density at radius 1 is 1.47 bits per heavy atom. The fourth-order valence-corrected chi connectivity index (χ4v) is 2.94. The molecular formula is C14H15BrClFN2. The van der Waals surface area contributed by atoms with Crippen molar-refractivity contribution in [3.05, 3.63) is 51.5 Å². The molecule has 1 atom stereocenters. The second-order valence-electron chi connectivity index (χ2n) is 4.58. The van der Waals surface area contributed by atoms with Crippen LogP contribution in [0.2, 0.25) is 0 Å². The number of halogens is 3. The molecule has 2 nitrogen and oxygen atoms in total. The zero-order chi connectivity index (χ0) is 14.0. The molecule has 5 heteroatoms. The van der Waals surface area contributed by atoms with Gasteiger partial charge in [-0.25, -0.2) is 4.39 Å². The van der Waals surface area contributed by atoms with Gasteiger partial charge in [0.2, 0.25) is 0 Å². The largest absolute Gasteiger partial charge is 0.271 e. The molecule has 0 N–H and O–H groups in total. The minimum Gasteiger partial charge on any atom is -0.271 e. The number of hydrogen-bond donors (Lipinski definition) is 0. The van der Waals surface area contributed by atoms with E-state index in [2.05, 4.69) is 21.0 Å². The fraction of sp³-hybridized carbons (Fsp3) is 0.357. The Hall–Kier alpha value is -0.870. The molecule has 0 saturated carbocycles. The maximum atomic E-state index is 13.3. The first kappa shape index (κ1) is 14.5. The van der Waals surface area contributed by atoms with Gasteiger partial charge in [-0.2, -0.15) is 5.10 Å². The summed E-state index contributed by atoms with van der Waals surface area (Å²) >= 11 is 9.59. The standard InChI is InChI=1S/C14H15BrClFN2/c1-9-14(15)13(19(2)18-9)7-11(8-16)10-4-3-5-12(17)6-10/h3-6,11H,7-8H2,1-2H3. The number of nitrogens with zero attached hydrogens (tertiary/aromatic N) is 2. The summed E-state index contributed by atoms with van der Waals surface area (Å²) in [6.45, 7) is 1.95. The third-order valence-corrected chi connectivity index (χ3v) is 4.61. The third kappa shape index (κ3) is 3.18. The SMILES string of the molecule is Cc1nn(C)c(CC(CCl)c2cccc(F)c2)c1Br. The Balaban J connectivity index is 2.29. The molecule has 19 heavy (non-hydrogen) atoms. The van der Waals surface area contributed by atoms with Gasteiger partial charge in [-0.1, -0.05) is 12.1 Å². The topological polar surface area (TPSA) is 17.8 Å². The van der Waals surface area contributed by atoms with E-state index >= 15 is 0 Å². The number of hydrogen-bond acceptors (Lipinski definition) is 1. The molecule has 102 valence electrons. The van der Waals surface area contributed by atoms with Gasteiger partial charge >= 0.3 is 0 Å². The van der Waals surface area contributed by atoms with Crippen LogP contribution in [0.15, 0.2) is 28.7 Å². The predicted octanol–water partition coefficient (Wildman–Crippen LogP) is 4.20. The molecule has 1 unspecified atom stereocenters. The average Bonchev–Trinajstić information content (AvgIpc) is 2.61. The number of benzene rings is 1. The molecule has 1 heterocycles. The van der Waals surface area contributed by atoms with E-state index in [-0.39, 0.29) is 11.7 Å². The lowest BCUT2D eigenvalue weighted by Gasteiger charge is -2.15. The van der Waals surface area contributed by atoms with E-state index in [1.54, 1.807) is 12.1 Å². The first-order valence-electron chi connectivity index (χ1n) is 6.02. The van der Waals surface area contributed by atoms with Crippen LogP contribution in [-0.4, -0.2) is 15.7 Å². The van der Waals surface area contributed by atoms with Crippen molar-refractivity contribution in [1.29, 1.82) is 0 Å². The normalized spacial score (nSPS) is 12.7. The van der Waals surface area contributed by atoms with Gasteiger partial charge in [0.15, 0.2) is 0 Å². The Labute approximate surface area is 125 Å². The summed E-state index contributed by atoms with van der Waals surface area (Å²) in [5.74, 6) is 0.288. The Kier molecular flexibility index (Phi) is 4.63. The van der Waals surface area contributed by atoms with E-state index in [9.17, 15) is 4.39 Å². The first-order chi connectivity index (χ1) is 9.02. The quantitative estimate of drug-likeness (QED) is 0.760. The fourth-order valence-electron chi connectivity index (χ4n) is 2.16. The van der Waals surface area contributed by atoms with Crippen molar-refractivity contribution in [2.24, 2.45) is 7.05 Å². The molecule has 0 aliphatic rings. The highest BCUT2D eigenvalue weighted by Crippen LogP contribution is 2.28. The van der Waals surface area contributed by atoms with Crippen LogP contribution in [0, 0.1) is 12.7 Å². The van der Waals surface area contributed by atoms with Gasteiger partial charge in [-0.05, 0) is 47.0 Å². The monoisotopic (exact) mass is 344 g/mol. The van der Waals surface area contributed by atoms with Gasteiger partial charge in [0.25, 0.3) is 0 Å². The van der Waals surface area contributed by atoms with Crippen molar-refractivity contribution in [2.75, 3.05) is 5.88 Å². The molecule has 0 spiro atoms. The van der Waals surface area contributed by atoms with Crippen LogP contribution >= 0.6 is 27.5 Å². The van der Waals surface area contributed by atoms with Crippen molar-refractivity contribution < 1.29 is 4.39 Å². The highest BCUT2D eigenvalue weighted by molar-refractivity contribution is 9.10. The summed E-state index contributed by atoms with van der Waals surface area (Å²) in [7, 11) is 1.91. The lowest BCUT2D eigenvalue weighted by molar-refractivity contribution is 0.616. The minimum absolute atomic E-state index is 0.0727. The zero-order valence-corrected chi connectivity index (χ0v) is 13.2. The van der Waals surface area contributed by atoms with Crippen LogP contribution in [0.25, 0.3) is 0 Å². The molecule has 0 aliphatic carbocycles. The van der Waals surface area contributed by atoms with E-state index in [1.165, 1.54) is 6.07 Å². The van der Waals surface area contributed by atoms with Crippen LogP contribution in [0.4, 0.5) is 4.39 Å². The van der Waals surface area contributed by atoms with Crippen LogP contribution in [0.1, 0.15) is 22.9 Å². The van der Waals surface area contributed by atoms with Crippen molar-refractivity contribution >= 4 is 27.5 Å². The minimum atomic E-state index is -0.229. The Morgan fingerprint density at radius 3 is 2.74 bits per heavy atom. The summed E-state index contributed by atoms with van der Waals surface area (Å²) in [6.07, 6.45) is 0.727. The molecule has 2 aromatic rings. The average molecular weight is 346 g/mol. The van der Waals surface area contributed by atoms with Crippen LogP contribution in [0.3, 0.4) is 0 Å². The van der Waals surface area contributed by atoms with Crippen molar-refractivity contribution in [2.45, 2.75) is 19.3 Å². The number of aromatic nitrogens is 2. The summed E-state index contributed by atoms with van der Waals surface area (Å²) in [4.78, 5) is 0. The maximum Gasteiger partial charge on any atom is 0.123 e. The zero-order valence-electron chi connectivity index (χ0n) is 10.8. The summed E-state index contributed by atoms with van der Waals surface area (Å²) in [5, 5.41) is 4.36. The lowest BCUT2D eigenvalue weighted by Crippen LogP contribution is -2.09. The van der Waals surface area contributed by atoms with E-state index in [0.29, 0.717) is 5.88 Å². The predicted molar refractivity (Wildman–Crippen MR) is 79.2 cm³/mol. The molecule has 1 aromatic carbocycles. The van der Waals surface area contributed by atoms with Crippen molar-refractivity contribution in [3.8, 4) is 0 Å². The number of rotatable bonds is 4. The molecule has 2 rings (SSSR count). The van der Waals surface area contributed by atoms with Crippen molar-refractivity contribution in [3.63, 3.8) is 0 Å². The molecule has 0 amide bonds. The van der Waals surface area contributed by atoms with E-state index in [0.717, 1.165) is 27.8 Å². The highest BCUT2D eigenvalue weighted by Gasteiger charge is 2.18. The first-order valence-corrected chi connectivity index (χ1v) is 7.35. The smallest absolute Gasteiger partial charge is 0.123 e. The summed E-state index contributed by atoms with van der Waals surface area (Å²) in [6, 6.07) is 6.62. The maximum absolute atomic E-state index is 13.3. The molecule has 0 aliphatic heterocycles. The molecule has 0 bridgehead atoms. The molecule has 0 saturated heterocycles. The van der Waals surface area contributed by atoms with E-state index < -0.39 is 0 Å². The van der Waals surface area contributed by atoms with Gasteiger partial charge in [0.05, 0.1) is 15.9 Å². The second-order valence-corrected chi connectivity index (χ2v) is 5.68. The molecule has 1 aromatic heterocycles. The van der Waals surface area contributed by atoms with Crippen molar-refractivity contribution in [1.82, 2.24) is 9.78 Å². The third-order valence-electron chi connectivity index (χ3n) is 3.21. The highest BCUT2D eigenvalue weighted by atomic mass is 79.9. The van der Waals surface area contributed by atoms with Gasteiger partial charge in [0, 0.05) is 18.8 Å². The Bertz CT molecular complexity index is 583. The molecule has 0 fully saturated rings. The van der Waals surface area contributed by atoms with Gasteiger partial charge in [-0.3, -0.25) is 4.68 Å². The van der Waals surface area contributed by atoms with Gasteiger partial charge < -0.3 is 0 Å². The molecule has 0 radical (unpaired) electrons. The Morgan fingerprint density at radius 2 is 2.21 bits per heavy atom. The number of alkyl halides is 1. The van der Waals surface area contributed by atoms with E-state index in [1.807, 2.05) is 24.7 Å². The van der Waals surface area contributed by atoms with E-state index in [4.69, 9.17) is 11.6 Å².